The zero-order valence-corrected chi connectivity index (χ0v) is 17.3. The van der Waals surface area contributed by atoms with Crippen molar-refractivity contribution < 1.29 is 19.1 Å². The summed E-state index contributed by atoms with van der Waals surface area (Å²) in [7, 11) is 3.21. The van der Waals surface area contributed by atoms with Crippen molar-refractivity contribution >= 4 is 11.8 Å². The molecule has 2 amide bonds. The number of ether oxygens (including phenoxy) is 2. The fraction of sp³-hybridized carbons (Fsp3) is 0.409. The summed E-state index contributed by atoms with van der Waals surface area (Å²) in [5.74, 6) is 0.972. The molecule has 1 N–H and O–H groups in total. The van der Waals surface area contributed by atoms with E-state index in [0.29, 0.717) is 35.7 Å². The highest BCUT2D eigenvalue weighted by atomic mass is 16.5. The highest BCUT2D eigenvalue weighted by Gasteiger charge is 2.24. The molecule has 1 unspecified atom stereocenters. The van der Waals surface area contributed by atoms with Crippen molar-refractivity contribution in [2.75, 3.05) is 20.8 Å². The Bertz CT molecular complexity index is 913. The first-order valence-electron chi connectivity index (χ1n) is 9.75. The highest BCUT2D eigenvalue weighted by Crippen LogP contribution is 2.33. The zero-order valence-electron chi connectivity index (χ0n) is 17.3. The normalized spacial score (nSPS) is 14.0. The lowest BCUT2D eigenvalue weighted by molar-refractivity contribution is 0.0734. The molecule has 0 aliphatic carbocycles. The Kier molecular flexibility index (Phi) is 6.36. The van der Waals surface area contributed by atoms with E-state index in [1.54, 1.807) is 25.2 Å². The lowest BCUT2D eigenvalue weighted by atomic mass is 9.98. The van der Waals surface area contributed by atoms with Gasteiger partial charge in [0.15, 0.2) is 11.5 Å². The van der Waals surface area contributed by atoms with Crippen LogP contribution in [0.1, 0.15) is 52.1 Å². The Morgan fingerprint density at radius 2 is 1.76 bits per heavy atom. The molecule has 0 radical (unpaired) electrons. The van der Waals surface area contributed by atoms with Crippen LogP contribution in [0.2, 0.25) is 0 Å². The van der Waals surface area contributed by atoms with Crippen molar-refractivity contribution in [3.8, 4) is 11.5 Å². The number of nitrogens with one attached hydrogen (secondary N) is 1. The number of amides is 2. The van der Waals surface area contributed by atoms with Gasteiger partial charge in [0.2, 0.25) is 0 Å². The molecule has 3 rings (SSSR count). The average Bonchev–Trinajstić information content (AvgIpc) is 2.76. The molecule has 0 fully saturated rings. The van der Waals surface area contributed by atoms with Crippen LogP contribution in [-0.4, -0.2) is 48.5 Å². The second kappa shape index (κ2) is 8.94. The molecule has 1 aromatic carbocycles. The summed E-state index contributed by atoms with van der Waals surface area (Å²) in [6, 6.07) is 5.56. The second-order valence-corrected chi connectivity index (χ2v) is 7.20. The molecular weight excluding hydrogens is 370 g/mol. The molecule has 1 aromatic heterocycles. The van der Waals surface area contributed by atoms with E-state index in [2.05, 4.69) is 10.3 Å². The third-order valence-corrected chi connectivity index (χ3v) is 5.24. The minimum Gasteiger partial charge on any atom is -0.493 e. The van der Waals surface area contributed by atoms with Crippen LogP contribution in [-0.2, 0) is 13.0 Å². The Morgan fingerprint density at radius 3 is 2.41 bits per heavy atom. The van der Waals surface area contributed by atoms with Gasteiger partial charge in [-0.15, -0.1) is 0 Å². The topological polar surface area (TPSA) is 80.8 Å². The molecule has 2 heterocycles. The summed E-state index contributed by atoms with van der Waals surface area (Å²) in [6.07, 6.45) is 4.55. The lowest BCUT2D eigenvalue weighted by Gasteiger charge is -2.29. The van der Waals surface area contributed by atoms with Crippen LogP contribution < -0.4 is 14.8 Å². The molecule has 1 atom stereocenters. The van der Waals surface area contributed by atoms with E-state index < -0.39 is 0 Å². The van der Waals surface area contributed by atoms with Gasteiger partial charge in [-0.25, -0.2) is 0 Å². The number of carbonyl (C=O) groups is 2. The van der Waals surface area contributed by atoms with Crippen molar-refractivity contribution in [3.63, 3.8) is 0 Å². The number of carbonyl (C=O) groups excluding carboxylic acids is 2. The quantitative estimate of drug-likeness (QED) is 0.811. The van der Waals surface area contributed by atoms with Crippen LogP contribution in [0.4, 0.5) is 0 Å². The van der Waals surface area contributed by atoms with Crippen LogP contribution in [0.15, 0.2) is 30.6 Å². The van der Waals surface area contributed by atoms with Crippen molar-refractivity contribution in [2.45, 2.75) is 39.3 Å². The van der Waals surface area contributed by atoms with Crippen molar-refractivity contribution in [1.82, 2.24) is 15.2 Å². The predicted octanol–water partition coefficient (Wildman–Crippen LogP) is 2.83. The Balaban J connectivity index is 1.78. The van der Waals surface area contributed by atoms with Gasteiger partial charge in [-0.2, -0.15) is 0 Å². The van der Waals surface area contributed by atoms with Gasteiger partial charge in [-0.05, 0) is 49.1 Å². The maximum atomic E-state index is 13.0. The first-order valence-corrected chi connectivity index (χ1v) is 9.75. The lowest BCUT2D eigenvalue weighted by Crippen LogP contribution is -2.36. The van der Waals surface area contributed by atoms with Crippen LogP contribution in [0, 0.1) is 0 Å². The third kappa shape index (κ3) is 4.50. The number of hydrogen-bond acceptors (Lipinski definition) is 5. The number of aromatic nitrogens is 1. The maximum absolute atomic E-state index is 13.0. The van der Waals surface area contributed by atoms with Gasteiger partial charge in [0.25, 0.3) is 11.8 Å². The molecule has 0 spiro atoms. The SMILES string of the molecule is CCC(C)NC(=O)c1cncc(C(=O)N2CCc3cc(OC)c(OC)cc3C2)c1. The first-order chi connectivity index (χ1) is 14.0. The molecule has 0 bridgehead atoms. The summed E-state index contributed by atoms with van der Waals surface area (Å²) in [6.45, 7) is 5.00. The largest absolute Gasteiger partial charge is 0.493 e. The summed E-state index contributed by atoms with van der Waals surface area (Å²) in [5.41, 5.74) is 2.97. The van der Waals surface area contributed by atoms with E-state index in [9.17, 15) is 9.59 Å². The van der Waals surface area contributed by atoms with Crippen LogP contribution in [0.25, 0.3) is 0 Å². The second-order valence-electron chi connectivity index (χ2n) is 7.20. The molecular formula is C22H27N3O4. The molecule has 7 heteroatoms. The maximum Gasteiger partial charge on any atom is 0.255 e. The first kappa shape index (κ1) is 20.6. The van der Waals surface area contributed by atoms with Crippen molar-refractivity contribution in [3.05, 3.63) is 52.8 Å². The monoisotopic (exact) mass is 397 g/mol. The number of nitrogens with zero attached hydrogens (tertiary/aromatic N) is 2. The van der Waals surface area contributed by atoms with E-state index in [1.165, 1.54) is 12.4 Å². The summed E-state index contributed by atoms with van der Waals surface area (Å²) >= 11 is 0. The summed E-state index contributed by atoms with van der Waals surface area (Å²) in [5, 5.41) is 2.90. The van der Waals surface area contributed by atoms with Crippen LogP contribution in [0.3, 0.4) is 0 Å². The van der Waals surface area contributed by atoms with E-state index in [4.69, 9.17) is 9.47 Å². The molecule has 29 heavy (non-hydrogen) atoms. The van der Waals surface area contributed by atoms with Crippen LogP contribution in [0.5, 0.6) is 11.5 Å². The Hall–Kier alpha value is -3.09. The van der Waals surface area contributed by atoms with Gasteiger partial charge in [-0.3, -0.25) is 14.6 Å². The molecule has 0 saturated heterocycles. The van der Waals surface area contributed by atoms with Crippen molar-refractivity contribution in [2.24, 2.45) is 0 Å². The van der Waals surface area contributed by atoms with Gasteiger partial charge < -0.3 is 19.7 Å². The minimum atomic E-state index is -0.220. The Labute approximate surface area is 171 Å². The van der Waals surface area contributed by atoms with Gasteiger partial charge in [0, 0.05) is 31.5 Å². The highest BCUT2D eigenvalue weighted by molar-refractivity contribution is 5.99. The Morgan fingerprint density at radius 1 is 1.10 bits per heavy atom. The predicted molar refractivity (Wildman–Crippen MR) is 109 cm³/mol. The van der Waals surface area contributed by atoms with Gasteiger partial charge in [0.05, 0.1) is 25.3 Å². The number of pyridine rings is 1. The van der Waals surface area contributed by atoms with E-state index >= 15 is 0 Å². The number of hydrogen-bond donors (Lipinski definition) is 1. The molecule has 7 nitrogen and oxygen atoms in total. The van der Waals surface area contributed by atoms with Gasteiger partial charge >= 0.3 is 0 Å². The minimum absolute atomic E-state index is 0.0624. The number of rotatable bonds is 6. The van der Waals surface area contributed by atoms with Crippen LogP contribution >= 0.6 is 0 Å². The number of fused-ring (bicyclic) bond motifs is 1. The van der Waals surface area contributed by atoms with Crippen molar-refractivity contribution in [1.29, 1.82) is 0 Å². The molecule has 154 valence electrons. The molecule has 2 aromatic rings. The van der Waals surface area contributed by atoms with Gasteiger partial charge in [-0.1, -0.05) is 6.92 Å². The summed E-state index contributed by atoms with van der Waals surface area (Å²) < 4.78 is 10.7. The number of benzene rings is 1. The van der Waals surface area contributed by atoms with E-state index in [1.807, 2.05) is 26.0 Å². The number of methoxy groups -OCH3 is 2. The zero-order chi connectivity index (χ0) is 21.0. The smallest absolute Gasteiger partial charge is 0.255 e. The molecule has 1 aliphatic heterocycles. The third-order valence-electron chi connectivity index (χ3n) is 5.24. The van der Waals surface area contributed by atoms with E-state index in [-0.39, 0.29) is 17.9 Å². The summed E-state index contributed by atoms with van der Waals surface area (Å²) in [4.78, 5) is 31.3. The van der Waals surface area contributed by atoms with E-state index in [0.717, 1.165) is 24.0 Å². The average molecular weight is 397 g/mol. The molecule has 0 saturated carbocycles. The fourth-order valence-electron chi connectivity index (χ4n) is 3.33. The molecule has 1 aliphatic rings. The standard InChI is InChI=1S/C22H27N3O4/c1-5-14(2)24-21(26)16-8-17(12-23-11-16)22(27)25-7-6-15-9-19(28-3)20(29-4)10-18(15)13-25/h8-12,14H,5-7,13H2,1-4H3,(H,24,26). The van der Waals surface area contributed by atoms with Gasteiger partial charge in [0.1, 0.15) is 0 Å². The fourth-order valence-corrected chi connectivity index (χ4v) is 3.33.